The van der Waals surface area contributed by atoms with Crippen LogP contribution in [0.3, 0.4) is 0 Å². The molecule has 3 heterocycles. The van der Waals surface area contributed by atoms with Gasteiger partial charge in [0.2, 0.25) is 0 Å². The van der Waals surface area contributed by atoms with Crippen molar-refractivity contribution in [2.45, 2.75) is 4.90 Å². The maximum Gasteiger partial charge on any atom is 0.0984 e. The monoisotopic (exact) mass is 313 g/mol. The molecule has 2 aromatic rings. The maximum atomic E-state index is 11.7. The Morgan fingerprint density at radius 1 is 1.14 bits per heavy atom. The first-order valence-electron chi connectivity index (χ1n) is 7.19. The van der Waals surface area contributed by atoms with Gasteiger partial charge in [0.15, 0.2) is 0 Å². The SMILES string of the molecule is O=S1C=Nc2cc(-c3ccc(N4CCOCC4)cn3)ccc21. The molecule has 22 heavy (non-hydrogen) atoms. The van der Waals surface area contributed by atoms with Gasteiger partial charge >= 0.3 is 0 Å². The summed E-state index contributed by atoms with van der Waals surface area (Å²) in [5.41, 5.74) is 5.25. The summed E-state index contributed by atoms with van der Waals surface area (Å²) in [6.07, 6.45) is 1.90. The van der Waals surface area contributed by atoms with Crippen LogP contribution in [-0.4, -0.2) is 41.0 Å². The Balaban J connectivity index is 1.61. The first-order valence-corrected chi connectivity index (χ1v) is 8.40. The molecule has 2 aliphatic heterocycles. The number of nitrogens with zero attached hydrogens (tertiary/aromatic N) is 3. The van der Waals surface area contributed by atoms with Gasteiger partial charge in [0.1, 0.15) is 0 Å². The van der Waals surface area contributed by atoms with Gasteiger partial charge in [0.25, 0.3) is 0 Å². The minimum absolute atomic E-state index is 0.766. The largest absolute Gasteiger partial charge is 0.378 e. The van der Waals surface area contributed by atoms with E-state index in [9.17, 15) is 4.21 Å². The van der Waals surface area contributed by atoms with Crippen LogP contribution in [0.1, 0.15) is 0 Å². The lowest BCUT2D eigenvalue weighted by Crippen LogP contribution is -2.36. The van der Waals surface area contributed by atoms with Crippen LogP contribution in [0, 0.1) is 0 Å². The standard InChI is InChI=1S/C16H15N3O2S/c20-22-11-18-15-9-12(1-4-16(15)22)14-3-2-13(10-17-14)19-5-7-21-8-6-19/h1-4,9-11H,5-8H2. The van der Waals surface area contributed by atoms with Crippen LogP contribution < -0.4 is 4.90 Å². The molecule has 2 aliphatic rings. The average molecular weight is 313 g/mol. The molecule has 1 unspecified atom stereocenters. The van der Waals surface area contributed by atoms with Crippen molar-refractivity contribution < 1.29 is 8.95 Å². The number of aliphatic imine (C=N–C) groups is 1. The third-order valence-corrected chi connectivity index (χ3v) is 4.96. The summed E-state index contributed by atoms with van der Waals surface area (Å²) >= 11 is 0. The number of anilines is 1. The van der Waals surface area contributed by atoms with E-state index in [0.29, 0.717) is 0 Å². The molecule has 1 aromatic carbocycles. The van der Waals surface area contributed by atoms with Crippen LogP contribution >= 0.6 is 0 Å². The Morgan fingerprint density at radius 2 is 2.00 bits per heavy atom. The smallest absolute Gasteiger partial charge is 0.0984 e. The van der Waals surface area contributed by atoms with E-state index in [1.54, 1.807) is 0 Å². The topological polar surface area (TPSA) is 54.8 Å². The van der Waals surface area contributed by atoms with E-state index in [-0.39, 0.29) is 0 Å². The van der Waals surface area contributed by atoms with Crippen molar-refractivity contribution in [3.8, 4) is 11.3 Å². The third-order valence-electron chi connectivity index (χ3n) is 3.88. The predicted molar refractivity (Wildman–Crippen MR) is 87.3 cm³/mol. The quantitative estimate of drug-likeness (QED) is 0.854. The Hall–Kier alpha value is -2.05. The molecule has 4 rings (SSSR count). The highest BCUT2D eigenvalue weighted by Crippen LogP contribution is 2.32. The van der Waals surface area contributed by atoms with E-state index in [2.05, 4.69) is 20.9 Å². The number of pyridine rings is 1. The zero-order valence-corrected chi connectivity index (χ0v) is 12.8. The number of hydrogen-bond acceptors (Lipinski definition) is 5. The molecular formula is C16H15N3O2S. The fraction of sp³-hybridized carbons (Fsp3) is 0.250. The second-order valence-corrected chi connectivity index (χ2v) is 6.46. The first-order chi connectivity index (χ1) is 10.8. The van der Waals surface area contributed by atoms with Gasteiger partial charge in [-0.25, -0.2) is 9.20 Å². The second kappa shape index (κ2) is 5.62. The van der Waals surface area contributed by atoms with Crippen LogP contribution in [0.25, 0.3) is 11.3 Å². The van der Waals surface area contributed by atoms with E-state index >= 15 is 0 Å². The molecule has 112 valence electrons. The molecule has 0 saturated carbocycles. The van der Waals surface area contributed by atoms with Crippen molar-refractivity contribution in [3.63, 3.8) is 0 Å². The Bertz CT molecular complexity index is 752. The summed E-state index contributed by atoms with van der Waals surface area (Å²) in [6, 6.07) is 9.85. The zero-order chi connectivity index (χ0) is 14.9. The summed E-state index contributed by atoms with van der Waals surface area (Å²) in [5, 5.41) is 0. The molecule has 5 nitrogen and oxygen atoms in total. The summed E-state index contributed by atoms with van der Waals surface area (Å²) < 4.78 is 17.0. The molecule has 1 aromatic heterocycles. The molecule has 0 aliphatic carbocycles. The first kappa shape index (κ1) is 13.6. The maximum absolute atomic E-state index is 11.7. The number of morpholine rings is 1. The van der Waals surface area contributed by atoms with Crippen molar-refractivity contribution in [2.75, 3.05) is 31.2 Å². The average Bonchev–Trinajstić information content (AvgIpc) is 2.96. The van der Waals surface area contributed by atoms with Crippen LogP contribution in [0.4, 0.5) is 11.4 Å². The van der Waals surface area contributed by atoms with Gasteiger partial charge in [-0.2, -0.15) is 0 Å². The Kier molecular flexibility index (Phi) is 3.48. The minimum Gasteiger partial charge on any atom is -0.378 e. The normalized spacial score (nSPS) is 20.2. The zero-order valence-electron chi connectivity index (χ0n) is 11.9. The highest BCUT2D eigenvalue weighted by atomic mass is 32.2. The van der Waals surface area contributed by atoms with E-state index in [0.717, 1.165) is 53.8 Å². The molecule has 0 radical (unpaired) electrons. The fourth-order valence-corrected chi connectivity index (χ4v) is 3.52. The summed E-state index contributed by atoms with van der Waals surface area (Å²) in [7, 11) is -1.10. The van der Waals surface area contributed by atoms with Gasteiger partial charge < -0.3 is 9.64 Å². The lowest BCUT2D eigenvalue weighted by atomic mass is 10.1. The molecule has 0 N–H and O–H groups in total. The predicted octanol–water partition coefficient (Wildman–Crippen LogP) is 2.37. The van der Waals surface area contributed by atoms with Gasteiger partial charge in [-0.1, -0.05) is 6.07 Å². The van der Waals surface area contributed by atoms with Crippen molar-refractivity contribution in [1.82, 2.24) is 4.98 Å². The van der Waals surface area contributed by atoms with Gasteiger partial charge in [0, 0.05) is 18.7 Å². The molecule has 0 bridgehead atoms. The molecular weight excluding hydrogens is 298 g/mol. The summed E-state index contributed by atoms with van der Waals surface area (Å²) in [5.74, 6) is 0. The van der Waals surface area contributed by atoms with Crippen molar-refractivity contribution in [2.24, 2.45) is 4.99 Å². The van der Waals surface area contributed by atoms with Crippen LogP contribution in [0.2, 0.25) is 0 Å². The van der Waals surface area contributed by atoms with Gasteiger partial charge in [-0.05, 0) is 24.3 Å². The highest BCUT2D eigenvalue weighted by molar-refractivity contribution is 7.99. The Labute approximate surface area is 131 Å². The highest BCUT2D eigenvalue weighted by Gasteiger charge is 2.15. The van der Waals surface area contributed by atoms with Crippen molar-refractivity contribution >= 4 is 27.7 Å². The third kappa shape index (κ3) is 2.44. The fourth-order valence-electron chi connectivity index (χ4n) is 2.67. The summed E-state index contributed by atoms with van der Waals surface area (Å²) in [6.45, 7) is 3.34. The lowest BCUT2D eigenvalue weighted by Gasteiger charge is -2.28. The van der Waals surface area contributed by atoms with Gasteiger partial charge in [0.05, 0.1) is 57.7 Å². The number of ether oxygens (including phenoxy) is 1. The van der Waals surface area contributed by atoms with E-state index in [4.69, 9.17) is 4.74 Å². The van der Waals surface area contributed by atoms with E-state index < -0.39 is 10.8 Å². The van der Waals surface area contributed by atoms with Crippen molar-refractivity contribution in [1.29, 1.82) is 0 Å². The number of hydrogen-bond donors (Lipinski definition) is 0. The summed E-state index contributed by atoms with van der Waals surface area (Å²) in [4.78, 5) is 11.8. The number of rotatable bonds is 2. The van der Waals surface area contributed by atoms with Crippen LogP contribution in [0.15, 0.2) is 46.4 Å². The Morgan fingerprint density at radius 3 is 2.77 bits per heavy atom. The lowest BCUT2D eigenvalue weighted by molar-refractivity contribution is 0.122. The van der Waals surface area contributed by atoms with Crippen LogP contribution in [0.5, 0.6) is 0 Å². The van der Waals surface area contributed by atoms with E-state index in [1.807, 2.05) is 30.5 Å². The second-order valence-electron chi connectivity index (χ2n) is 5.22. The molecule has 1 atom stereocenters. The molecule has 6 heteroatoms. The van der Waals surface area contributed by atoms with Gasteiger partial charge in [-0.15, -0.1) is 0 Å². The number of aromatic nitrogens is 1. The molecule has 0 spiro atoms. The van der Waals surface area contributed by atoms with Crippen LogP contribution in [-0.2, 0) is 15.5 Å². The minimum atomic E-state index is -1.10. The molecule has 1 saturated heterocycles. The number of fused-ring (bicyclic) bond motifs is 1. The van der Waals surface area contributed by atoms with E-state index in [1.165, 1.54) is 5.55 Å². The van der Waals surface area contributed by atoms with Gasteiger partial charge in [-0.3, -0.25) is 4.98 Å². The number of benzene rings is 1. The molecule has 1 fully saturated rings. The molecule has 0 amide bonds. The van der Waals surface area contributed by atoms with Crippen molar-refractivity contribution in [3.05, 3.63) is 36.5 Å².